The molecule has 126 valence electrons. The zero-order valence-corrected chi connectivity index (χ0v) is 14.8. The standard InChI is InChI=1S/C16H10Cl2N4O2S/c17-11-5-6-12(13(18)7-11)14-20-21-16(25)22(14)19-8-9-1-3-10(4-2-9)15(23)24/h1-8H,(H,21,25)(H,23,24)/p-1/b19-8-. The maximum Gasteiger partial charge on any atom is 0.216 e. The number of rotatable bonds is 4. The van der Waals surface area contributed by atoms with Gasteiger partial charge in [-0.1, -0.05) is 47.5 Å². The predicted octanol–water partition coefficient (Wildman–Crippen LogP) is 3.16. The van der Waals surface area contributed by atoms with Crippen molar-refractivity contribution in [1.82, 2.24) is 14.9 Å². The van der Waals surface area contributed by atoms with Crippen molar-refractivity contribution in [1.29, 1.82) is 0 Å². The number of carboxylic acids is 1. The van der Waals surface area contributed by atoms with E-state index in [2.05, 4.69) is 15.3 Å². The van der Waals surface area contributed by atoms with E-state index < -0.39 is 5.97 Å². The van der Waals surface area contributed by atoms with Crippen LogP contribution in [0.4, 0.5) is 0 Å². The zero-order valence-electron chi connectivity index (χ0n) is 12.4. The van der Waals surface area contributed by atoms with Gasteiger partial charge < -0.3 is 9.90 Å². The van der Waals surface area contributed by atoms with E-state index in [-0.39, 0.29) is 10.3 Å². The van der Waals surface area contributed by atoms with E-state index in [1.54, 1.807) is 30.3 Å². The molecule has 0 radical (unpaired) electrons. The largest absolute Gasteiger partial charge is 0.545 e. The molecule has 25 heavy (non-hydrogen) atoms. The first-order valence-corrected chi connectivity index (χ1v) is 8.11. The van der Waals surface area contributed by atoms with Crippen molar-refractivity contribution >= 4 is 47.6 Å². The van der Waals surface area contributed by atoms with E-state index in [4.69, 9.17) is 35.4 Å². The lowest BCUT2D eigenvalue weighted by molar-refractivity contribution is -0.255. The van der Waals surface area contributed by atoms with Gasteiger partial charge in [0.2, 0.25) is 4.77 Å². The van der Waals surface area contributed by atoms with Crippen LogP contribution in [0.15, 0.2) is 47.6 Å². The van der Waals surface area contributed by atoms with E-state index in [9.17, 15) is 9.90 Å². The second kappa shape index (κ2) is 7.18. The number of nitrogens with zero attached hydrogens (tertiary/aromatic N) is 3. The van der Waals surface area contributed by atoms with E-state index in [0.29, 0.717) is 27.0 Å². The average Bonchev–Trinajstić information content (AvgIpc) is 2.94. The summed E-state index contributed by atoms with van der Waals surface area (Å²) < 4.78 is 1.69. The van der Waals surface area contributed by atoms with Gasteiger partial charge in [0.05, 0.1) is 17.2 Å². The fraction of sp³-hybridized carbons (Fsp3) is 0. The van der Waals surface area contributed by atoms with Crippen LogP contribution in [0.5, 0.6) is 0 Å². The molecule has 0 fully saturated rings. The van der Waals surface area contributed by atoms with Crippen LogP contribution in [0, 0.1) is 4.77 Å². The first-order chi connectivity index (χ1) is 12.0. The highest BCUT2D eigenvalue weighted by molar-refractivity contribution is 7.71. The highest BCUT2D eigenvalue weighted by Gasteiger charge is 2.12. The Kier molecular flexibility index (Phi) is 4.98. The minimum Gasteiger partial charge on any atom is -0.545 e. The lowest BCUT2D eigenvalue weighted by Crippen LogP contribution is -2.21. The van der Waals surface area contributed by atoms with Crippen molar-refractivity contribution in [2.45, 2.75) is 0 Å². The van der Waals surface area contributed by atoms with Gasteiger partial charge in [-0.3, -0.25) is 0 Å². The minimum absolute atomic E-state index is 0.0886. The normalized spacial score (nSPS) is 11.1. The van der Waals surface area contributed by atoms with Gasteiger partial charge in [0.1, 0.15) is 0 Å². The van der Waals surface area contributed by atoms with Crippen molar-refractivity contribution < 1.29 is 9.90 Å². The summed E-state index contributed by atoms with van der Waals surface area (Å²) in [5.41, 5.74) is 1.38. The van der Waals surface area contributed by atoms with Crippen LogP contribution < -0.4 is 5.11 Å². The monoisotopic (exact) mass is 391 g/mol. The highest BCUT2D eigenvalue weighted by atomic mass is 35.5. The fourth-order valence-corrected chi connectivity index (χ4v) is 2.75. The summed E-state index contributed by atoms with van der Waals surface area (Å²) in [5.74, 6) is -0.811. The number of carboxylic acid groups (broad SMARTS) is 1. The molecule has 0 amide bonds. The maximum absolute atomic E-state index is 10.8. The third-order valence-corrected chi connectivity index (χ3v) is 4.10. The van der Waals surface area contributed by atoms with Crippen molar-refractivity contribution in [3.05, 3.63) is 68.4 Å². The van der Waals surface area contributed by atoms with Gasteiger partial charge in [0.15, 0.2) is 5.82 Å². The van der Waals surface area contributed by atoms with Crippen molar-refractivity contribution in [3.63, 3.8) is 0 Å². The molecule has 3 aromatic rings. The summed E-state index contributed by atoms with van der Waals surface area (Å²) in [5, 5.41) is 22.8. The smallest absolute Gasteiger partial charge is 0.216 e. The van der Waals surface area contributed by atoms with E-state index in [1.807, 2.05) is 0 Å². The molecule has 3 rings (SSSR count). The molecule has 1 heterocycles. The van der Waals surface area contributed by atoms with Crippen molar-refractivity contribution in [2.24, 2.45) is 5.10 Å². The molecule has 0 atom stereocenters. The van der Waals surface area contributed by atoms with Gasteiger partial charge in [-0.25, -0.2) is 5.10 Å². The SMILES string of the molecule is O=C([O-])c1ccc(/C=N\n2c(-c3ccc(Cl)cc3Cl)n[nH]c2=S)cc1. The molecular weight excluding hydrogens is 383 g/mol. The van der Waals surface area contributed by atoms with E-state index in [0.717, 1.165) is 0 Å². The van der Waals surface area contributed by atoms with Crippen molar-refractivity contribution in [3.8, 4) is 11.4 Å². The maximum atomic E-state index is 10.8. The molecule has 0 unspecified atom stereocenters. The van der Waals surface area contributed by atoms with Gasteiger partial charge in [-0.15, -0.1) is 0 Å². The van der Waals surface area contributed by atoms with Gasteiger partial charge >= 0.3 is 0 Å². The van der Waals surface area contributed by atoms with Gasteiger partial charge in [0, 0.05) is 10.6 Å². The first kappa shape index (κ1) is 17.3. The average molecular weight is 392 g/mol. The zero-order chi connectivity index (χ0) is 18.0. The minimum atomic E-state index is -1.24. The third-order valence-electron chi connectivity index (χ3n) is 3.29. The van der Waals surface area contributed by atoms with Crippen LogP contribution in [0.2, 0.25) is 10.0 Å². The Morgan fingerprint density at radius 3 is 2.60 bits per heavy atom. The number of aromatic nitrogens is 3. The molecule has 9 heteroatoms. The first-order valence-electron chi connectivity index (χ1n) is 6.94. The van der Waals surface area contributed by atoms with E-state index in [1.165, 1.54) is 23.0 Å². The third kappa shape index (κ3) is 3.79. The number of aromatic amines is 1. The summed E-state index contributed by atoms with van der Waals surface area (Å²) in [6, 6.07) is 11.1. The Balaban J connectivity index is 1.97. The molecule has 0 saturated carbocycles. The fourth-order valence-electron chi connectivity index (χ4n) is 2.07. The molecule has 0 spiro atoms. The van der Waals surface area contributed by atoms with E-state index >= 15 is 0 Å². The van der Waals surface area contributed by atoms with Crippen LogP contribution in [0.1, 0.15) is 15.9 Å². The van der Waals surface area contributed by atoms with Crippen LogP contribution in [-0.4, -0.2) is 27.1 Å². The van der Waals surface area contributed by atoms with Gasteiger partial charge in [0.25, 0.3) is 0 Å². The second-order valence-corrected chi connectivity index (χ2v) is 6.17. The number of H-pyrrole nitrogens is 1. The number of aromatic carboxylic acids is 1. The summed E-state index contributed by atoms with van der Waals surface area (Å²) in [6.07, 6.45) is 1.53. The Hall–Kier alpha value is -2.48. The number of carbonyl (C=O) groups excluding carboxylic acids is 1. The Labute approximate surface area is 157 Å². The highest BCUT2D eigenvalue weighted by Crippen LogP contribution is 2.29. The molecule has 0 aliphatic carbocycles. The lowest BCUT2D eigenvalue weighted by atomic mass is 10.1. The van der Waals surface area contributed by atoms with Crippen LogP contribution in [0.3, 0.4) is 0 Å². The summed E-state index contributed by atoms with van der Waals surface area (Å²) in [4.78, 5) is 10.8. The van der Waals surface area contributed by atoms with Crippen LogP contribution in [0.25, 0.3) is 11.4 Å². The van der Waals surface area contributed by atoms with Gasteiger partial charge in [-0.2, -0.15) is 14.9 Å². The molecule has 0 bridgehead atoms. The van der Waals surface area contributed by atoms with Crippen molar-refractivity contribution in [2.75, 3.05) is 0 Å². The van der Waals surface area contributed by atoms with Gasteiger partial charge in [-0.05, 0) is 41.5 Å². The molecular formula is C16H9Cl2N4O2S-. The number of benzene rings is 2. The Morgan fingerprint density at radius 1 is 1.24 bits per heavy atom. The molecule has 0 aliphatic rings. The Morgan fingerprint density at radius 2 is 1.96 bits per heavy atom. The predicted molar refractivity (Wildman–Crippen MR) is 96.6 cm³/mol. The summed E-state index contributed by atoms with van der Waals surface area (Å²) in [7, 11) is 0. The number of carbonyl (C=O) groups is 1. The van der Waals surface area contributed by atoms with Crippen LogP contribution in [-0.2, 0) is 0 Å². The summed E-state index contributed by atoms with van der Waals surface area (Å²) in [6.45, 7) is 0. The molecule has 1 aromatic heterocycles. The molecule has 6 nitrogen and oxygen atoms in total. The number of hydrogen-bond donors (Lipinski definition) is 1. The number of nitrogens with one attached hydrogen (secondary N) is 1. The summed E-state index contributed by atoms with van der Waals surface area (Å²) >= 11 is 17.3. The lowest BCUT2D eigenvalue weighted by Gasteiger charge is -2.04. The second-order valence-electron chi connectivity index (χ2n) is 4.94. The number of halogens is 2. The topological polar surface area (TPSA) is 86.1 Å². The molecule has 0 saturated heterocycles. The Bertz CT molecular complexity index is 1030. The van der Waals surface area contributed by atoms with Crippen LogP contribution >= 0.6 is 35.4 Å². The number of hydrogen-bond acceptors (Lipinski definition) is 5. The molecule has 0 aliphatic heterocycles. The molecule has 2 aromatic carbocycles. The molecule has 1 N–H and O–H groups in total. The quantitative estimate of drug-likeness (QED) is 0.546.